The number of ether oxygens (including phenoxy) is 3. The van der Waals surface area contributed by atoms with Gasteiger partial charge >= 0.3 is 0 Å². The second kappa shape index (κ2) is 6.15. The van der Waals surface area contributed by atoms with Crippen LogP contribution in [0.4, 0.5) is 0 Å². The van der Waals surface area contributed by atoms with Crippen LogP contribution in [0, 0.1) is 0 Å². The van der Waals surface area contributed by atoms with Crippen LogP contribution in [0.2, 0.25) is 0 Å². The van der Waals surface area contributed by atoms with E-state index in [9.17, 15) is 0 Å². The fourth-order valence-electron chi connectivity index (χ4n) is 2.66. The molecule has 0 aliphatic heterocycles. The molecule has 1 saturated carbocycles. The van der Waals surface area contributed by atoms with Gasteiger partial charge in [0.1, 0.15) is 0 Å². The lowest BCUT2D eigenvalue weighted by atomic mass is 9.95. The molecule has 0 bridgehead atoms. The highest BCUT2D eigenvalue weighted by molar-refractivity contribution is 5.50. The second-order valence-corrected chi connectivity index (χ2v) is 5.16. The third-order valence-electron chi connectivity index (χ3n) is 3.82. The highest BCUT2D eigenvalue weighted by atomic mass is 16.5. The molecule has 0 unspecified atom stereocenters. The molecule has 0 spiro atoms. The van der Waals surface area contributed by atoms with Gasteiger partial charge in [-0.25, -0.2) is 0 Å². The summed E-state index contributed by atoms with van der Waals surface area (Å²) in [5.41, 5.74) is 6.28. The Balaban J connectivity index is 1.95. The van der Waals surface area contributed by atoms with E-state index >= 15 is 0 Å². The van der Waals surface area contributed by atoms with Gasteiger partial charge in [-0.1, -0.05) is 18.9 Å². The third kappa shape index (κ3) is 3.32. The van der Waals surface area contributed by atoms with Crippen molar-refractivity contribution in [3.63, 3.8) is 0 Å². The van der Waals surface area contributed by atoms with Gasteiger partial charge in [0.05, 0.1) is 20.8 Å². The van der Waals surface area contributed by atoms with Crippen LogP contribution in [0.5, 0.6) is 17.2 Å². The van der Waals surface area contributed by atoms with E-state index in [4.69, 9.17) is 19.9 Å². The average molecular weight is 265 g/mol. The first-order chi connectivity index (χ1) is 9.18. The van der Waals surface area contributed by atoms with Crippen molar-refractivity contribution in [3.8, 4) is 17.2 Å². The van der Waals surface area contributed by atoms with Crippen molar-refractivity contribution in [1.82, 2.24) is 0 Å². The van der Waals surface area contributed by atoms with E-state index in [1.54, 1.807) is 14.2 Å². The van der Waals surface area contributed by atoms with Gasteiger partial charge < -0.3 is 19.9 Å². The molecule has 0 aromatic heterocycles. The molecule has 0 amide bonds. The molecule has 0 atom stereocenters. The van der Waals surface area contributed by atoms with Gasteiger partial charge in [0.25, 0.3) is 0 Å². The zero-order chi connectivity index (χ0) is 13.7. The largest absolute Gasteiger partial charge is 0.493 e. The Labute approximate surface area is 114 Å². The molecule has 1 aromatic rings. The maximum Gasteiger partial charge on any atom is 0.203 e. The van der Waals surface area contributed by atoms with Crippen molar-refractivity contribution in [2.75, 3.05) is 20.8 Å². The zero-order valence-electron chi connectivity index (χ0n) is 11.8. The molecular formula is C15H23NO3. The average Bonchev–Trinajstić information content (AvgIpc) is 2.85. The lowest BCUT2D eigenvalue weighted by molar-refractivity contribution is 0.244. The van der Waals surface area contributed by atoms with Crippen molar-refractivity contribution in [1.29, 1.82) is 0 Å². The summed E-state index contributed by atoms with van der Waals surface area (Å²) in [6.07, 6.45) is 5.56. The zero-order valence-corrected chi connectivity index (χ0v) is 11.8. The fraction of sp³-hybridized carbons (Fsp3) is 0.600. The predicted molar refractivity (Wildman–Crippen MR) is 75.0 cm³/mol. The molecule has 1 fully saturated rings. The van der Waals surface area contributed by atoms with Crippen LogP contribution in [0.15, 0.2) is 18.2 Å². The van der Waals surface area contributed by atoms with Crippen molar-refractivity contribution < 1.29 is 14.2 Å². The molecule has 1 aliphatic rings. The molecule has 19 heavy (non-hydrogen) atoms. The second-order valence-electron chi connectivity index (χ2n) is 5.16. The molecular weight excluding hydrogens is 242 g/mol. The van der Waals surface area contributed by atoms with E-state index in [1.807, 2.05) is 18.2 Å². The summed E-state index contributed by atoms with van der Waals surface area (Å²) in [7, 11) is 3.24. The first-order valence-electron chi connectivity index (χ1n) is 6.81. The number of benzene rings is 1. The van der Waals surface area contributed by atoms with Gasteiger partial charge in [0, 0.05) is 5.54 Å². The maximum absolute atomic E-state index is 6.31. The van der Waals surface area contributed by atoms with E-state index in [1.165, 1.54) is 12.8 Å². The number of para-hydroxylation sites is 1. The molecule has 1 aromatic carbocycles. The van der Waals surface area contributed by atoms with E-state index < -0.39 is 0 Å². The summed E-state index contributed by atoms with van der Waals surface area (Å²) in [6, 6.07) is 5.64. The van der Waals surface area contributed by atoms with Crippen LogP contribution in [0.25, 0.3) is 0 Å². The van der Waals surface area contributed by atoms with Crippen LogP contribution < -0.4 is 19.9 Å². The quantitative estimate of drug-likeness (QED) is 0.859. The summed E-state index contributed by atoms with van der Waals surface area (Å²) in [5.74, 6) is 2.04. The number of nitrogens with two attached hydrogens (primary N) is 1. The van der Waals surface area contributed by atoms with Crippen LogP contribution in [0.1, 0.15) is 32.1 Å². The Hall–Kier alpha value is -1.42. The first kappa shape index (κ1) is 14.0. The minimum absolute atomic E-state index is 0.0356. The molecule has 1 aliphatic carbocycles. The highest BCUT2D eigenvalue weighted by Gasteiger charge is 2.29. The van der Waals surface area contributed by atoms with Gasteiger partial charge in [-0.3, -0.25) is 0 Å². The van der Waals surface area contributed by atoms with E-state index in [2.05, 4.69) is 0 Å². The predicted octanol–water partition coefficient (Wildman–Crippen LogP) is 2.74. The van der Waals surface area contributed by atoms with Gasteiger partial charge in [-0.15, -0.1) is 0 Å². The summed E-state index contributed by atoms with van der Waals surface area (Å²) < 4.78 is 16.4. The molecule has 4 heteroatoms. The number of hydrogen-bond donors (Lipinski definition) is 1. The number of hydrogen-bond acceptors (Lipinski definition) is 4. The Morgan fingerprint density at radius 1 is 1.11 bits per heavy atom. The Morgan fingerprint density at radius 3 is 2.42 bits per heavy atom. The van der Waals surface area contributed by atoms with E-state index in [0.29, 0.717) is 23.9 Å². The van der Waals surface area contributed by atoms with Crippen molar-refractivity contribution in [2.24, 2.45) is 5.73 Å². The monoisotopic (exact) mass is 265 g/mol. The van der Waals surface area contributed by atoms with E-state index in [0.717, 1.165) is 19.3 Å². The molecule has 0 heterocycles. The van der Waals surface area contributed by atoms with Gasteiger partial charge in [-0.2, -0.15) is 0 Å². The topological polar surface area (TPSA) is 53.7 Å². The molecule has 2 rings (SSSR count). The fourth-order valence-corrected chi connectivity index (χ4v) is 2.66. The first-order valence-corrected chi connectivity index (χ1v) is 6.81. The molecule has 2 N–H and O–H groups in total. The minimum atomic E-state index is -0.0356. The SMILES string of the molecule is COc1cccc(OCCC2(N)CCCC2)c1OC. The maximum atomic E-state index is 6.31. The Morgan fingerprint density at radius 2 is 1.79 bits per heavy atom. The standard InChI is InChI=1S/C15H23NO3/c1-17-12-6-5-7-13(14(12)18-2)19-11-10-15(16)8-3-4-9-15/h5-7H,3-4,8-11,16H2,1-2H3. The third-order valence-corrected chi connectivity index (χ3v) is 3.82. The summed E-state index contributed by atoms with van der Waals surface area (Å²) in [4.78, 5) is 0. The summed E-state index contributed by atoms with van der Waals surface area (Å²) in [5, 5.41) is 0. The van der Waals surface area contributed by atoms with Crippen molar-refractivity contribution >= 4 is 0 Å². The Bertz CT molecular complexity index is 414. The number of methoxy groups -OCH3 is 2. The van der Waals surface area contributed by atoms with Crippen LogP contribution in [-0.2, 0) is 0 Å². The lowest BCUT2D eigenvalue weighted by Gasteiger charge is -2.23. The van der Waals surface area contributed by atoms with Gasteiger partial charge in [0.2, 0.25) is 5.75 Å². The molecule has 4 nitrogen and oxygen atoms in total. The molecule has 0 radical (unpaired) electrons. The Kier molecular flexibility index (Phi) is 4.53. The number of rotatable bonds is 6. The normalized spacial score (nSPS) is 17.2. The van der Waals surface area contributed by atoms with E-state index in [-0.39, 0.29) is 5.54 Å². The summed E-state index contributed by atoms with van der Waals surface area (Å²) in [6.45, 7) is 0.611. The summed E-state index contributed by atoms with van der Waals surface area (Å²) >= 11 is 0. The molecule has 0 saturated heterocycles. The van der Waals surface area contributed by atoms with Crippen molar-refractivity contribution in [3.05, 3.63) is 18.2 Å². The van der Waals surface area contributed by atoms with Gasteiger partial charge in [0.15, 0.2) is 11.5 Å². The highest BCUT2D eigenvalue weighted by Crippen LogP contribution is 2.37. The lowest BCUT2D eigenvalue weighted by Crippen LogP contribution is -2.37. The van der Waals surface area contributed by atoms with Crippen LogP contribution >= 0.6 is 0 Å². The van der Waals surface area contributed by atoms with Crippen LogP contribution in [-0.4, -0.2) is 26.4 Å². The van der Waals surface area contributed by atoms with Gasteiger partial charge in [-0.05, 0) is 31.4 Å². The van der Waals surface area contributed by atoms with Crippen LogP contribution in [0.3, 0.4) is 0 Å². The van der Waals surface area contributed by atoms with Crippen molar-refractivity contribution in [2.45, 2.75) is 37.6 Å². The minimum Gasteiger partial charge on any atom is -0.493 e. The smallest absolute Gasteiger partial charge is 0.203 e. The molecule has 106 valence electrons.